The summed E-state index contributed by atoms with van der Waals surface area (Å²) >= 11 is 0. The highest BCUT2D eigenvalue weighted by molar-refractivity contribution is 7.89. The van der Waals surface area contributed by atoms with E-state index in [0.29, 0.717) is 30.2 Å². The van der Waals surface area contributed by atoms with Crippen molar-refractivity contribution in [1.29, 1.82) is 0 Å². The highest BCUT2D eigenvalue weighted by Crippen LogP contribution is 2.28. The number of hydrogen-bond donors (Lipinski definition) is 1. The van der Waals surface area contributed by atoms with Crippen LogP contribution in [0.2, 0.25) is 0 Å². The van der Waals surface area contributed by atoms with Crippen molar-refractivity contribution in [1.82, 2.24) is 9.62 Å². The van der Waals surface area contributed by atoms with Crippen LogP contribution in [0, 0.1) is 0 Å². The van der Waals surface area contributed by atoms with Crippen LogP contribution in [0.3, 0.4) is 0 Å². The number of carbonyl (C=O) groups excluding carboxylic acids is 1. The number of amides is 1. The minimum Gasteiger partial charge on any atom is -0.493 e. The van der Waals surface area contributed by atoms with E-state index >= 15 is 0 Å². The van der Waals surface area contributed by atoms with Gasteiger partial charge in [-0.15, -0.1) is 0 Å². The molecule has 0 aliphatic heterocycles. The van der Waals surface area contributed by atoms with Gasteiger partial charge in [0.05, 0.1) is 19.1 Å². The Kier molecular flexibility index (Phi) is 6.81. The van der Waals surface area contributed by atoms with Crippen LogP contribution in [0.25, 0.3) is 0 Å². The first kappa shape index (κ1) is 20.7. The summed E-state index contributed by atoms with van der Waals surface area (Å²) in [6.07, 6.45) is 0. The molecular formula is C19H24N2O5S. The second-order valence-corrected chi connectivity index (χ2v) is 7.63. The van der Waals surface area contributed by atoms with Crippen LogP contribution in [-0.4, -0.2) is 47.0 Å². The fourth-order valence-electron chi connectivity index (χ4n) is 2.60. The summed E-state index contributed by atoms with van der Waals surface area (Å²) in [7, 11) is 0.941. The van der Waals surface area contributed by atoms with Gasteiger partial charge in [-0.05, 0) is 55.9 Å². The van der Waals surface area contributed by atoms with Gasteiger partial charge < -0.3 is 14.4 Å². The van der Waals surface area contributed by atoms with Crippen LogP contribution in [0.5, 0.6) is 11.5 Å². The number of ether oxygens (including phenoxy) is 2. The van der Waals surface area contributed by atoms with Crippen molar-refractivity contribution in [2.75, 3.05) is 27.8 Å². The van der Waals surface area contributed by atoms with Crippen molar-refractivity contribution in [2.45, 2.75) is 18.4 Å². The normalized spacial score (nSPS) is 11.1. The minimum atomic E-state index is -3.53. The lowest BCUT2D eigenvalue weighted by molar-refractivity contribution is 0.0752. The third-order valence-corrected chi connectivity index (χ3v) is 5.60. The average molecular weight is 392 g/mol. The summed E-state index contributed by atoms with van der Waals surface area (Å²) in [5.74, 6) is 1.04. The number of nitrogens with zero attached hydrogens (tertiary/aromatic N) is 1. The molecule has 8 heteroatoms. The molecule has 0 unspecified atom stereocenters. The fourth-order valence-corrected chi connectivity index (χ4v) is 3.33. The van der Waals surface area contributed by atoms with E-state index in [-0.39, 0.29) is 10.8 Å². The van der Waals surface area contributed by atoms with Crippen LogP contribution >= 0.6 is 0 Å². The predicted molar refractivity (Wildman–Crippen MR) is 103 cm³/mol. The first-order chi connectivity index (χ1) is 12.9. The summed E-state index contributed by atoms with van der Waals surface area (Å²) in [6.45, 7) is 2.79. The first-order valence-electron chi connectivity index (χ1n) is 8.40. The Bertz CT molecular complexity index is 895. The lowest BCUT2D eigenvalue weighted by Gasteiger charge is -2.22. The molecule has 0 saturated heterocycles. The van der Waals surface area contributed by atoms with E-state index in [1.165, 1.54) is 31.3 Å². The molecule has 1 amide bonds. The van der Waals surface area contributed by atoms with Gasteiger partial charge in [0, 0.05) is 18.7 Å². The van der Waals surface area contributed by atoms with Gasteiger partial charge in [0.1, 0.15) is 0 Å². The lowest BCUT2D eigenvalue weighted by atomic mass is 10.1. The van der Waals surface area contributed by atoms with E-state index in [2.05, 4.69) is 4.72 Å². The molecule has 146 valence electrons. The zero-order valence-corrected chi connectivity index (χ0v) is 16.7. The molecule has 1 N–H and O–H groups in total. The Morgan fingerprint density at radius 1 is 1.04 bits per heavy atom. The van der Waals surface area contributed by atoms with E-state index in [0.717, 1.165) is 5.56 Å². The molecule has 2 rings (SSSR count). The number of hydrogen-bond acceptors (Lipinski definition) is 5. The second-order valence-electron chi connectivity index (χ2n) is 5.74. The summed E-state index contributed by atoms with van der Waals surface area (Å²) < 4.78 is 36.4. The minimum absolute atomic E-state index is 0.115. The quantitative estimate of drug-likeness (QED) is 0.745. The summed E-state index contributed by atoms with van der Waals surface area (Å²) in [5, 5.41) is 0. The van der Waals surface area contributed by atoms with Crippen molar-refractivity contribution >= 4 is 15.9 Å². The highest BCUT2D eigenvalue weighted by Gasteiger charge is 2.17. The van der Waals surface area contributed by atoms with Crippen molar-refractivity contribution in [3.05, 3.63) is 53.6 Å². The number of sulfonamides is 1. The predicted octanol–water partition coefficient (Wildman–Crippen LogP) is 2.27. The van der Waals surface area contributed by atoms with E-state index in [4.69, 9.17) is 9.47 Å². The molecule has 0 spiro atoms. The van der Waals surface area contributed by atoms with Crippen molar-refractivity contribution in [2.24, 2.45) is 0 Å². The number of methoxy groups -OCH3 is 2. The Morgan fingerprint density at radius 3 is 2.19 bits per heavy atom. The van der Waals surface area contributed by atoms with E-state index in [1.807, 2.05) is 19.1 Å². The van der Waals surface area contributed by atoms with Crippen LogP contribution in [0.4, 0.5) is 0 Å². The summed E-state index contributed by atoms with van der Waals surface area (Å²) in [4.78, 5) is 14.6. The SMILES string of the molecule is CCN(Cc1ccc(OC)c(OC)c1)C(=O)c1ccc(S(=O)(=O)NC)cc1. The van der Waals surface area contributed by atoms with Crippen molar-refractivity contribution in [3.8, 4) is 11.5 Å². The van der Waals surface area contributed by atoms with Gasteiger partial charge in [0.25, 0.3) is 5.91 Å². The topological polar surface area (TPSA) is 84.9 Å². The van der Waals surface area contributed by atoms with Gasteiger partial charge >= 0.3 is 0 Å². The maximum absolute atomic E-state index is 12.8. The summed E-state index contributed by atoms with van der Waals surface area (Å²) in [6, 6.07) is 11.4. The maximum Gasteiger partial charge on any atom is 0.254 e. The summed E-state index contributed by atoms with van der Waals surface area (Å²) in [5.41, 5.74) is 1.32. The Morgan fingerprint density at radius 2 is 1.67 bits per heavy atom. The van der Waals surface area contributed by atoms with Crippen LogP contribution in [-0.2, 0) is 16.6 Å². The monoisotopic (exact) mass is 392 g/mol. The molecule has 0 heterocycles. The van der Waals surface area contributed by atoms with Gasteiger partial charge in [-0.2, -0.15) is 0 Å². The van der Waals surface area contributed by atoms with Crippen LogP contribution in [0.15, 0.2) is 47.4 Å². The Hall–Kier alpha value is -2.58. The van der Waals surface area contributed by atoms with Crippen LogP contribution < -0.4 is 14.2 Å². The Balaban J connectivity index is 2.21. The molecular weight excluding hydrogens is 368 g/mol. The zero-order chi connectivity index (χ0) is 20.0. The molecule has 2 aromatic rings. The smallest absolute Gasteiger partial charge is 0.254 e. The van der Waals surface area contributed by atoms with E-state index < -0.39 is 10.0 Å². The highest BCUT2D eigenvalue weighted by atomic mass is 32.2. The maximum atomic E-state index is 12.8. The lowest BCUT2D eigenvalue weighted by Crippen LogP contribution is -2.30. The molecule has 0 atom stereocenters. The largest absolute Gasteiger partial charge is 0.493 e. The number of carbonyl (C=O) groups is 1. The molecule has 0 aliphatic carbocycles. The Labute approximate surface area is 160 Å². The number of rotatable bonds is 8. The third-order valence-electron chi connectivity index (χ3n) is 4.17. The second kappa shape index (κ2) is 8.88. The standard InChI is InChI=1S/C19H24N2O5S/c1-5-21(13-14-6-11-17(25-3)18(12-14)26-4)19(22)15-7-9-16(10-8-15)27(23,24)20-2/h6-12,20H,5,13H2,1-4H3. The van der Waals surface area contributed by atoms with E-state index in [9.17, 15) is 13.2 Å². The van der Waals surface area contributed by atoms with Gasteiger partial charge in [0.2, 0.25) is 10.0 Å². The molecule has 0 saturated carbocycles. The molecule has 7 nitrogen and oxygen atoms in total. The third kappa shape index (κ3) is 4.78. The number of nitrogens with one attached hydrogen (secondary N) is 1. The molecule has 2 aromatic carbocycles. The fraction of sp³-hybridized carbons (Fsp3) is 0.316. The van der Waals surface area contributed by atoms with Gasteiger partial charge in [0.15, 0.2) is 11.5 Å². The molecule has 0 aliphatic rings. The first-order valence-corrected chi connectivity index (χ1v) is 9.88. The van der Waals surface area contributed by atoms with Gasteiger partial charge in [-0.3, -0.25) is 4.79 Å². The number of benzene rings is 2. The van der Waals surface area contributed by atoms with Gasteiger partial charge in [-0.1, -0.05) is 6.07 Å². The van der Waals surface area contributed by atoms with Gasteiger partial charge in [-0.25, -0.2) is 13.1 Å². The average Bonchev–Trinajstić information content (AvgIpc) is 2.71. The van der Waals surface area contributed by atoms with Crippen molar-refractivity contribution < 1.29 is 22.7 Å². The molecule has 0 bridgehead atoms. The van der Waals surface area contributed by atoms with Crippen molar-refractivity contribution in [3.63, 3.8) is 0 Å². The zero-order valence-electron chi connectivity index (χ0n) is 15.9. The van der Waals surface area contributed by atoms with Crippen LogP contribution in [0.1, 0.15) is 22.8 Å². The molecule has 0 aromatic heterocycles. The molecule has 0 fully saturated rings. The molecule has 27 heavy (non-hydrogen) atoms. The van der Waals surface area contributed by atoms with E-state index in [1.54, 1.807) is 25.2 Å². The molecule has 0 radical (unpaired) electrons.